The van der Waals surface area contributed by atoms with Crippen molar-refractivity contribution in [2.45, 2.75) is 17.5 Å². The normalized spacial score (nSPS) is 11.8. The highest BCUT2D eigenvalue weighted by molar-refractivity contribution is 7.92. The van der Waals surface area contributed by atoms with Crippen LogP contribution in [0.5, 0.6) is 5.75 Å². The SMILES string of the molecule is CC(=O)Oc1ccc(C(=O)Nc2nc(S(=O)(=O)C(F)(F)F)co2)cc1. The van der Waals surface area contributed by atoms with Crippen molar-refractivity contribution < 1.29 is 40.3 Å². The minimum Gasteiger partial charge on any atom is -0.430 e. The number of carbonyl (C=O) groups excluding carboxylic acids is 2. The molecule has 1 amide bonds. The van der Waals surface area contributed by atoms with E-state index < -0.39 is 38.3 Å². The minimum atomic E-state index is -5.68. The van der Waals surface area contributed by atoms with Crippen LogP contribution in [0.4, 0.5) is 19.2 Å². The number of hydrogen-bond donors (Lipinski definition) is 1. The smallest absolute Gasteiger partial charge is 0.430 e. The van der Waals surface area contributed by atoms with Crippen LogP contribution in [0.1, 0.15) is 17.3 Å². The van der Waals surface area contributed by atoms with Crippen LogP contribution in [-0.4, -0.2) is 30.8 Å². The zero-order valence-electron chi connectivity index (χ0n) is 12.3. The summed E-state index contributed by atoms with van der Waals surface area (Å²) in [5.41, 5.74) is -5.51. The van der Waals surface area contributed by atoms with E-state index in [2.05, 4.69) is 9.40 Å². The van der Waals surface area contributed by atoms with Crippen molar-refractivity contribution in [3.05, 3.63) is 36.1 Å². The number of esters is 1. The Labute approximate surface area is 138 Å². The van der Waals surface area contributed by atoms with Crippen molar-refractivity contribution >= 4 is 27.7 Å². The number of nitrogens with zero attached hydrogens (tertiary/aromatic N) is 1. The first-order valence-electron chi connectivity index (χ1n) is 6.37. The molecule has 0 unspecified atom stereocenters. The van der Waals surface area contributed by atoms with Crippen LogP contribution in [0.15, 0.2) is 40.0 Å². The van der Waals surface area contributed by atoms with Gasteiger partial charge in [0.1, 0.15) is 12.0 Å². The van der Waals surface area contributed by atoms with Gasteiger partial charge < -0.3 is 9.15 Å². The maximum absolute atomic E-state index is 12.4. The number of sulfone groups is 1. The Hall–Kier alpha value is -2.89. The first kappa shape index (κ1) is 18.4. The number of benzene rings is 1. The second-order valence-electron chi connectivity index (χ2n) is 4.51. The van der Waals surface area contributed by atoms with Crippen LogP contribution in [0.3, 0.4) is 0 Å². The van der Waals surface area contributed by atoms with E-state index in [9.17, 15) is 31.2 Å². The van der Waals surface area contributed by atoms with Gasteiger partial charge in [0.25, 0.3) is 15.7 Å². The summed E-state index contributed by atoms with van der Waals surface area (Å²) in [6, 6.07) is 4.43. The standard InChI is InChI=1S/C13H9F3N2O6S/c1-7(19)24-9-4-2-8(3-5-9)11(20)18-12-17-10(6-23-12)25(21,22)13(14,15)16/h2-6H,1H3,(H,17,18,20). The Balaban J connectivity index is 2.13. The number of rotatable bonds is 4. The van der Waals surface area contributed by atoms with Gasteiger partial charge in [-0.05, 0) is 24.3 Å². The van der Waals surface area contributed by atoms with E-state index in [1.54, 1.807) is 0 Å². The Kier molecular flexibility index (Phi) is 4.83. The number of carbonyl (C=O) groups is 2. The lowest BCUT2D eigenvalue weighted by Crippen LogP contribution is -2.23. The van der Waals surface area contributed by atoms with Crippen LogP contribution >= 0.6 is 0 Å². The molecule has 25 heavy (non-hydrogen) atoms. The van der Waals surface area contributed by atoms with Gasteiger partial charge in [0.05, 0.1) is 0 Å². The van der Waals surface area contributed by atoms with Crippen LogP contribution in [0.2, 0.25) is 0 Å². The van der Waals surface area contributed by atoms with Gasteiger partial charge in [0.15, 0.2) is 0 Å². The van der Waals surface area contributed by atoms with E-state index in [4.69, 9.17) is 4.74 Å². The molecule has 0 saturated carbocycles. The minimum absolute atomic E-state index is 0.0364. The summed E-state index contributed by atoms with van der Waals surface area (Å²) in [6.45, 7) is 1.19. The van der Waals surface area contributed by atoms with Gasteiger partial charge in [-0.25, -0.2) is 8.42 Å². The third-order valence-electron chi connectivity index (χ3n) is 2.66. The zero-order chi connectivity index (χ0) is 18.8. The van der Waals surface area contributed by atoms with Gasteiger partial charge in [0.2, 0.25) is 5.03 Å². The number of amides is 1. The monoisotopic (exact) mass is 378 g/mol. The topological polar surface area (TPSA) is 116 Å². The fourth-order valence-electron chi connectivity index (χ4n) is 1.57. The number of nitrogens with one attached hydrogen (secondary N) is 1. The van der Waals surface area contributed by atoms with Crippen LogP contribution < -0.4 is 10.1 Å². The molecular weight excluding hydrogens is 369 g/mol. The summed E-state index contributed by atoms with van der Waals surface area (Å²) in [4.78, 5) is 25.8. The number of oxazole rings is 1. The molecule has 2 rings (SSSR count). The summed E-state index contributed by atoms with van der Waals surface area (Å²) in [5, 5.41) is 0.632. The van der Waals surface area contributed by atoms with E-state index in [1.165, 1.54) is 31.2 Å². The summed E-state index contributed by atoms with van der Waals surface area (Å²) in [5.74, 6) is -1.21. The maximum atomic E-state index is 12.4. The maximum Gasteiger partial charge on any atom is 0.503 e. The third kappa shape index (κ3) is 4.15. The molecule has 0 bridgehead atoms. The molecule has 0 aliphatic rings. The Bertz CT molecular complexity index is 903. The van der Waals surface area contributed by atoms with E-state index in [-0.39, 0.29) is 17.6 Å². The van der Waals surface area contributed by atoms with Gasteiger partial charge >= 0.3 is 17.5 Å². The number of alkyl halides is 3. The average Bonchev–Trinajstić information content (AvgIpc) is 2.95. The van der Waals surface area contributed by atoms with Crippen LogP contribution in [0, 0.1) is 0 Å². The summed E-state index contributed by atoms with van der Waals surface area (Å²) in [7, 11) is -5.68. The average molecular weight is 378 g/mol. The predicted octanol–water partition coefficient (Wildman–Crippen LogP) is 2.15. The van der Waals surface area contributed by atoms with Gasteiger partial charge in [-0.1, -0.05) is 0 Å². The molecule has 12 heteroatoms. The molecule has 1 heterocycles. The summed E-state index contributed by atoms with van der Waals surface area (Å²) < 4.78 is 68.8. The number of hydrogen-bond acceptors (Lipinski definition) is 7. The first-order valence-corrected chi connectivity index (χ1v) is 7.86. The molecule has 0 saturated heterocycles. The summed E-state index contributed by atoms with van der Waals surface area (Å²) in [6.07, 6.45) is 0.266. The molecule has 1 aromatic carbocycles. The highest BCUT2D eigenvalue weighted by Gasteiger charge is 2.49. The third-order valence-corrected chi connectivity index (χ3v) is 4.01. The van der Waals surface area contributed by atoms with Crippen molar-refractivity contribution in [3.8, 4) is 5.75 Å². The number of ether oxygens (including phenoxy) is 1. The lowest BCUT2D eigenvalue weighted by molar-refractivity contribution is -0.131. The Morgan fingerprint density at radius 2 is 1.80 bits per heavy atom. The first-order chi connectivity index (χ1) is 11.5. The van der Waals surface area contributed by atoms with Gasteiger partial charge in [-0.2, -0.15) is 18.2 Å². The number of aromatic nitrogens is 1. The van der Waals surface area contributed by atoms with E-state index >= 15 is 0 Å². The lowest BCUT2D eigenvalue weighted by Gasteiger charge is -2.04. The van der Waals surface area contributed by atoms with Gasteiger partial charge in [-0.3, -0.25) is 14.9 Å². The van der Waals surface area contributed by atoms with Gasteiger partial charge in [-0.15, -0.1) is 0 Å². The Morgan fingerprint density at radius 3 is 2.32 bits per heavy atom. The molecule has 8 nitrogen and oxygen atoms in total. The molecule has 0 spiro atoms. The van der Waals surface area contributed by atoms with Crippen molar-refractivity contribution in [2.24, 2.45) is 0 Å². The van der Waals surface area contributed by atoms with Gasteiger partial charge in [0, 0.05) is 12.5 Å². The molecular formula is C13H9F3N2O6S. The van der Waals surface area contributed by atoms with Crippen molar-refractivity contribution in [1.29, 1.82) is 0 Å². The van der Waals surface area contributed by atoms with Crippen LogP contribution in [0.25, 0.3) is 0 Å². The molecule has 0 fully saturated rings. The number of halogens is 3. The molecule has 0 atom stereocenters. The zero-order valence-corrected chi connectivity index (χ0v) is 13.1. The Morgan fingerprint density at radius 1 is 1.20 bits per heavy atom. The molecule has 1 aromatic heterocycles. The van der Waals surface area contributed by atoms with Crippen LogP contribution in [-0.2, 0) is 14.6 Å². The molecule has 2 aromatic rings. The second kappa shape index (κ2) is 6.55. The largest absolute Gasteiger partial charge is 0.503 e. The second-order valence-corrected chi connectivity index (χ2v) is 6.40. The molecule has 0 radical (unpaired) electrons. The lowest BCUT2D eigenvalue weighted by atomic mass is 10.2. The fraction of sp³-hybridized carbons (Fsp3) is 0.154. The fourth-order valence-corrected chi connectivity index (χ4v) is 2.18. The van der Waals surface area contributed by atoms with E-state index in [1.807, 2.05) is 5.32 Å². The van der Waals surface area contributed by atoms with Crippen molar-refractivity contribution in [2.75, 3.05) is 5.32 Å². The number of anilines is 1. The summed E-state index contributed by atoms with van der Waals surface area (Å²) >= 11 is 0. The quantitative estimate of drug-likeness (QED) is 0.640. The van der Waals surface area contributed by atoms with E-state index in [0.717, 1.165) is 0 Å². The molecule has 134 valence electrons. The highest BCUT2D eigenvalue weighted by atomic mass is 32.2. The van der Waals surface area contributed by atoms with Crippen molar-refractivity contribution in [3.63, 3.8) is 0 Å². The van der Waals surface area contributed by atoms with Crippen molar-refractivity contribution in [1.82, 2.24) is 4.98 Å². The predicted molar refractivity (Wildman–Crippen MR) is 75.4 cm³/mol. The highest BCUT2D eigenvalue weighted by Crippen LogP contribution is 2.30. The molecule has 1 N–H and O–H groups in total. The molecule has 0 aliphatic heterocycles. The molecule has 0 aliphatic carbocycles. The van der Waals surface area contributed by atoms with E-state index in [0.29, 0.717) is 0 Å².